The van der Waals surface area contributed by atoms with Crippen molar-refractivity contribution in [2.24, 2.45) is 0 Å². The monoisotopic (exact) mass is 500 g/mol. The van der Waals surface area contributed by atoms with Crippen molar-refractivity contribution in [1.29, 1.82) is 0 Å². The molecule has 1 aliphatic rings. The molecule has 0 bridgehead atoms. The number of carbonyl (C=O) groups is 2. The highest BCUT2D eigenvalue weighted by molar-refractivity contribution is 7.93. The number of nitrogens with one attached hydrogen (secondary N) is 1. The highest BCUT2D eigenvalue weighted by Gasteiger charge is 2.38. The van der Waals surface area contributed by atoms with Gasteiger partial charge in [0.2, 0.25) is 0 Å². The van der Waals surface area contributed by atoms with Crippen molar-refractivity contribution in [2.45, 2.75) is 50.7 Å². The smallest absolute Gasteiger partial charge is 0.430 e. The summed E-state index contributed by atoms with van der Waals surface area (Å²) in [5, 5.41) is 13.5. The summed E-state index contributed by atoms with van der Waals surface area (Å²) in [7, 11) is -4.70. The number of rotatable bonds is 5. The molecular weight excluding hydrogens is 475 g/mol. The third-order valence-corrected chi connectivity index (χ3v) is 7.14. The number of amides is 2. The quantitative estimate of drug-likeness (QED) is 0.633. The average Bonchev–Trinajstić information content (AvgIpc) is 3.36. The number of hydrogen-bond donors (Lipinski definition) is 2. The molecule has 13 heteroatoms. The van der Waals surface area contributed by atoms with E-state index in [4.69, 9.17) is 9.84 Å². The number of benzene rings is 1. The van der Waals surface area contributed by atoms with Crippen molar-refractivity contribution in [3.05, 3.63) is 34.4 Å². The van der Waals surface area contributed by atoms with Crippen LogP contribution in [0.3, 0.4) is 0 Å². The highest BCUT2D eigenvalue weighted by atomic mass is 32.2. The van der Waals surface area contributed by atoms with E-state index in [0.717, 1.165) is 17.4 Å². The Hall–Kier alpha value is -2.93. The molecule has 0 aliphatic carbocycles. The number of thiazole rings is 1. The van der Waals surface area contributed by atoms with Gasteiger partial charge in [0.15, 0.2) is 5.82 Å². The maximum Gasteiger partial charge on any atom is 0.430 e. The fourth-order valence-electron chi connectivity index (χ4n) is 3.31. The molecule has 1 saturated heterocycles. The number of carboxylic acid groups (broad SMARTS) is 1. The summed E-state index contributed by atoms with van der Waals surface area (Å²) in [6.07, 6.45) is -1.70. The fraction of sp³-hybridized carbons (Fsp3) is 0.450. The number of anilines is 2. The fourth-order valence-corrected chi connectivity index (χ4v) is 5.29. The zero-order valence-electron chi connectivity index (χ0n) is 18.5. The second-order valence-electron chi connectivity index (χ2n) is 8.51. The number of halogens is 1. The van der Waals surface area contributed by atoms with Gasteiger partial charge in [-0.1, -0.05) is 0 Å². The second kappa shape index (κ2) is 9.14. The first-order valence-electron chi connectivity index (χ1n) is 10.0. The minimum Gasteiger partial charge on any atom is -0.465 e. The standard InChI is InChI=1S/C20H25FN4O6S2/c1-12-14(23-13-7-8-24(9-13)18(26)27)5-6-15(17(12)21)33(29,30)25(16-10-32-11-22-16)19(28)31-20(2,3)4/h5-6,10-11,13,23H,7-9H2,1-4H3,(H,26,27). The molecule has 0 radical (unpaired) electrons. The van der Waals surface area contributed by atoms with Gasteiger partial charge in [-0.3, -0.25) is 0 Å². The normalized spacial score (nSPS) is 16.5. The van der Waals surface area contributed by atoms with Crippen molar-refractivity contribution in [1.82, 2.24) is 9.88 Å². The third-order valence-electron chi connectivity index (χ3n) is 4.87. The van der Waals surface area contributed by atoms with Gasteiger partial charge >= 0.3 is 12.2 Å². The van der Waals surface area contributed by atoms with Crippen LogP contribution in [0.2, 0.25) is 0 Å². The Labute approximate surface area is 195 Å². The molecule has 1 fully saturated rings. The molecule has 1 atom stereocenters. The van der Waals surface area contributed by atoms with E-state index in [1.54, 1.807) is 20.8 Å². The molecule has 33 heavy (non-hydrogen) atoms. The van der Waals surface area contributed by atoms with Crippen molar-refractivity contribution < 1.29 is 32.2 Å². The summed E-state index contributed by atoms with van der Waals surface area (Å²) in [5.74, 6) is -1.23. The van der Waals surface area contributed by atoms with Gasteiger partial charge in [-0.05, 0) is 46.2 Å². The van der Waals surface area contributed by atoms with Gasteiger partial charge in [-0.2, -0.15) is 0 Å². The molecule has 3 rings (SSSR count). The number of likely N-dealkylation sites (tertiary alicyclic amines) is 1. The summed E-state index contributed by atoms with van der Waals surface area (Å²) in [5.41, 5.74) is 0.709. The predicted octanol–water partition coefficient (Wildman–Crippen LogP) is 3.89. The SMILES string of the molecule is Cc1c(NC2CCN(C(=O)O)C2)ccc(S(=O)(=O)N(C(=O)OC(C)(C)C)c2cscn2)c1F. The van der Waals surface area contributed by atoms with Crippen LogP contribution in [0, 0.1) is 12.7 Å². The van der Waals surface area contributed by atoms with E-state index in [2.05, 4.69) is 10.3 Å². The molecule has 2 amide bonds. The number of ether oxygens (including phenoxy) is 1. The summed E-state index contributed by atoms with van der Waals surface area (Å²) in [6, 6.07) is 2.21. The molecular formula is C20H25FN4O6S2. The Kier molecular flexibility index (Phi) is 6.84. The minimum absolute atomic E-state index is 0.0206. The van der Waals surface area contributed by atoms with Crippen LogP contribution < -0.4 is 9.62 Å². The molecule has 1 unspecified atom stereocenters. The van der Waals surface area contributed by atoms with E-state index in [1.165, 1.54) is 28.8 Å². The van der Waals surface area contributed by atoms with E-state index in [9.17, 15) is 18.0 Å². The van der Waals surface area contributed by atoms with Gasteiger partial charge < -0.3 is 20.1 Å². The first-order valence-corrected chi connectivity index (χ1v) is 12.4. The lowest BCUT2D eigenvalue weighted by atomic mass is 10.1. The Balaban J connectivity index is 1.94. The summed E-state index contributed by atoms with van der Waals surface area (Å²) < 4.78 is 47.6. The van der Waals surface area contributed by atoms with Crippen LogP contribution in [-0.2, 0) is 14.8 Å². The summed E-state index contributed by atoms with van der Waals surface area (Å²) in [4.78, 5) is 28.3. The van der Waals surface area contributed by atoms with Crippen molar-refractivity contribution in [3.63, 3.8) is 0 Å². The number of hydrogen-bond acceptors (Lipinski definition) is 8. The molecule has 1 aliphatic heterocycles. The minimum atomic E-state index is -4.70. The lowest BCUT2D eigenvalue weighted by Crippen LogP contribution is -2.41. The van der Waals surface area contributed by atoms with E-state index >= 15 is 4.39 Å². The van der Waals surface area contributed by atoms with Gasteiger partial charge in [0.25, 0.3) is 10.0 Å². The Bertz CT molecular complexity index is 1150. The van der Waals surface area contributed by atoms with Crippen molar-refractivity contribution in [3.8, 4) is 0 Å². The molecule has 1 aromatic carbocycles. The zero-order chi connectivity index (χ0) is 24.6. The summed E-state index contributed by atoms with van der Waals surface area (Å²) >= 11 is 1.07. The number of sulfonamides is 1. The predicted molar refractivity (Wildman–Crippen MR) is 121 cm³/mol. The van der Waals surface area contributed by atoms with Crippen LogP contribution in [0.15, 0.2) is 27.9 Å². The van der Waals surface area contributed by atoms with Crippen molar-refractivity contribution in [2.75, 3.05) is 22.7 Å². The van der Waals surface area contributed by atoms with Crippen LogP contribution in [0.5, 0.6) is 0 Å². The average molecular weight is 501 g/mol. The number of nitrogens with zero attached hydrogens (tertiary/aromatic N) is 3. The highest BCUT2D eigenvalue weighted by Crippen LogP contribution is 2.31. The van der Waals surface area contributed by atoms with Gasteiger partial charge in [-0.15, -0.1) is 15.6 Å². The maximum atomic E-state index is 15.3. The van der Waals surface area contributed by atoms with Crippen molar-refractivity contribution >= 4 is 45.1 Å². The molecule has 180 valence electrons. The first-order chi connectivity index (χ1) is 15.3. The van der Waals surface area contributed by atoms with Crippen LogP contribution in [0.4, 0.5) is 25.5 Å². The molecule has 1 aromatic heterocycles. The van der Waals surface area contributed by atoms with Gasteiger partial charge in [0, 0.05) is 35.8 Å². The van der Waals surface area contributed by atoms with E-state index in [0.29, 0.717) is 23.0 Å². The Morgan fingerprint density at radius 3 is 2.61 bits per heavy atom. The Morgan fingerprint density at radius 2 is 2.06 bits per heavy atom. The van der Waals surface area contributed by atoms with E-state index in [1.807, 2.05) is 0 Å². The largest absolute Gasteiger partial charge is 0.465 e. The van der Waals surface area contributed by atoms with E-state index in [-0.39, 0.29) is 24.0 Å². The van der Waals surface area contributed by atoms with Crippen LogP contribution in [0.25, 0.3) is 0 Å². The third kappa shape index (κ3) is 5.36. The van der Waals surface area contributed by atoms with E-state index < -0.39 is 38.5 Å². The molecule has 2 heterocycles. The van der Waals surface area contributed by atoms with Crippen LogP contribution >= 0.6 is 11.3 Å². The number of aromatic nitrogens is 1. The van der Waals surface area contributed by atoms with Gasteiger partial charge in [-0.25, -0.2) is 27.4 Å². The summed E-state index contributed by atoms with van der Waals surface area (Å²) in [6.45, 7) is 6.72. The van der Waals surface area contributed by atoms with Gasteiger partial charge in [0.1, 0.15) is 16.3 Å². The second-order valence-corrected chi connectivity index (χ2v) is 11.0. The molecule has 10 nitrogen and oxygen atoms in total. The van der Waals surface area contributed by atoms with Crippen LogP contribution in [0.1, 0.15) is 32.8 Å². The Morgan fingerprint density at radius 1 is 1.36 bits per heavy atom. The molecule has 2 N–H and O–H groups in total. The first kappa shape index (κ1) is 24.7. The molecule has 0 saturated carbocycles. The maximum absolute atomic E-state index is 15.3. The van der Waals surface area contributed by atoms with Gasteiger partial charge in [0.05, 0.1) is 5.51 Å². The zero-order valence-corrected chi connectivity index (χ0v) is 20.2. The lowest BCUT2D eigenvalue weighted by Gasteiger charge is -2.26. The molecule has 0 spiro atoms. The topological polar surface area (TPSA) is 129 Å². The molecule has 2 aromatic rings. The lowest BCUT2D eigenvalue weighted by molar-refractivity contribution is 0.0608. The number of carbonyl (C=O) groups excluding carboxylic acids is 1. The van der Waals surface area contributed by atoms with Crippen LogP contribution in [-0.4, -0.2) is 60.3 Å².